The van der Waals surface area contributed by atoms with Crippen LogP contribution in [0.2, 0.25) is 0 Å². The third-order valence-corrected chi connectivity index (χ3v) is 4.53. The number of nitrogens with one attached hydrogen (secondary N) is 1. The third-order valence-electron chi connectivity index (χ3n) is 4.53. The highest BCUT2D eigenvalue weighted by atomic mass is 16.3. The highest BCUT2D eigenvalue weighted by Crippen LogP contribution is 2.36. The summed E-state index contributed by atoms with van der Waals surface area (Å²) in [6.45, 7) is 0.943. The molecular weight excluding hydrogens is 240 g/mol. The average molecular weight is 262 g/mol. The van der Waals surface area contributed by atoms with Crippen LogP contribution in [0, 0.1) is 11.8 Å². The van der Waals surface area contributed by atoms with Crippen LogP contribution in [0.15, 0.2) is 18.3 Å². The topological polar surface area (TPSA) is 54.3 Å². The minimum atomic E-state index is 0.0282. The fourth-order valence-corrected chi connectivity index (χ4v) is 3.19. The molecule has 1 amide bonds. The Bertz CT molecular complexity index is 451. The Balaban J connectivity index is 1.57. The van der Waals surface area contributed by atoms with Gasteiger partial charge < -0.3 is 15.0 Å². The lowest BCUT2D eigenvalue weighted by Crippen LogP contribution is -2.32. The van der Waals surface area contributed by atoms with Crippen molar-refractivity contribution >= 4 is 5.91 Å². The van der Waals surface area contributed by atoms with E-state index in [1.165, 1.54) is 19.3 Å². The van der Waals surface area contributed by atoms with Gasteiger partial charge in [0.15, 0.2) is 0 Å². The molecule has 2 aliphatic carbocycles. The molecule has 0 radical (unpaired) electrons. The summed E-state index contributed by atoms with van der Waals surface area (Å²) in [7, 11) is 0. The summed E-state index contributed by atoms with van der Waals surface area (Å²) in [5.41, 5.74) is 0.779. The van der Waals surface area contributed by atoms with Crippen molar-refractivity contribution in [2.45, 2.75) is 38.1 Å². The maximum absolute atomic E-state index is 12.2. The second-order valence-electron chi connectivity index (χ2n) is 5.88. The van der Waals surface area contributed by atoms with Crippen molar-refractivity contribution in [2.24, 2.45) is 11.8 Å². The number of carbonyl (C=O) groups is 1. The molecule has 4 heteroatoms. The Morgan fingerprint density at radius 2 is 2.11 bits per heavy atom. The fraction of sp³-hybridized carbons (Fsp3) is 0.667. The molecule has 3 rings (SSSR count). The summed E-state index contributed by atoms with van der Waals surface area (Å²) >= 11 is 0. The molecule has 0 aromatic carbocycles. The van der Waals surface area contributed by atoms with E-state index in [1.54, 1.807) is 0 Å². The Hall–Kier alpha value is -1.29. The fourth-order valence-electron chi connectivity index (χ4n) is 3.19. The van der Waals surface area contributed by atoms with E-state index < -0.39 is 0 Å². The molecule has 2 unspecified atom stereocenters. The van der Waals surface area contributed by atoms with Crippen LogP contribution < -0.4 is 5.32 Å². The molecule has 1 aromatic heterocycles. The zero-order valence-corrected chi connectivity index (χ0v) is 11.2. The molecule has 4 nitrogen and oxygen atoms in total. The number of nitrogens with zero attached hydrogens (tertiary/aromatic N) is 1. The minimum absolute atomic E-state index is 0.0282. The Labute approximate surface area is 113 Å². The molecule has 2 aliphatic rings. The number of rotatable bonds is 5. The van der Waals surface area contributed by atoms with E-state index in [0.29, 0.717) is 24.4 Å². The van der Waals surface area contributed by atoms with E-state index in [1.807, 2.05) is 18.3 Å². The summed E-state index contributed by atoms with van der Waals surface area (Å²) in [5, 5.41) is 12.3. The van der Waals surface area contributed by atoms with Gasteiger partial charge in [-0.25, -0.2) is 0 Å². The second-order valence-corrected chi connectivity index (χ2v) is 5.88. The van der Waals surface area contributed by atoms with Gasteiger partial charge in [-0.2, -0.15) is 0 Å². The van der Waals surface area contributed by atoms with Crippen molar-refractivity contribution in [2.75, 3.05) is 13.2 Å². The van der Waals surface area contributed by atoms with Crippen molar-refractivity contribution in [1.29, 1.82) is 0 Å². The van der Waals surface area contributed by atoms with E-state index in [0.717, 1.165) is 18.5 Å². The van der Waals surface area contributed by atoms with E-state index >= 15 is 0 Å². The summed E-state index contributed by atoms with van der Waals surface area (Å²) < 4.78 is 2.09. The van der Waals surface area contributed by atoms with Crippen LogP contribution in [-0.2, 0) is 0 Å². The van der Waals surface area contributed by atoms with Gasteiger partial charge in [0.2, 0.25) is 0 Å². The van der Waals surface area contributed by atoms with E-state index in [2.05, 4.69) is 9.88 Å². The molecule has 0 bridgehead atoms. The van der Waals surface area contributed by atoms with Crippen LogP contribution in [0.1, 0.15) is 48.6 Å². The van der Waals surface area contributed by atoms with Crippen LogP contribution in [0.5, 0.6) is 0 Å². The molecule has 2 saturated carbocycles. The van der Waals surface area contributed by atoms with E-state index in [9.17, 15) is 9.90 Å². The first-order valence-corrected chi connectivity index (χ1v) is 7.35. The van der Waals surface area contributed by atoms with Crippen molar-refractivity contribution in [3.05, 3.63) is 24.0 Å². The maximum atomic E-state index is 12.2. The summed E-state index contributed by atoms with van der Waals surface area (Å²) in [6, 6.07) is 4.37. The smallest absolute Gasteiger partial charge is 0.267 e. The largest absolute Gasteiger partial charge is 0.396 e. The molecule has 2 fully saturated rings. The normalized spacial score (nSPS) is 26.6. The molecular formula is C15H22N2O2. The second kappa shape index (κ2) is 5.37. The number of amides is 1. The molecule has 1 aromatic rings. The standard InChI is InChI=1S/C15H22N2O2/c18-10-12-4-1-3-11(12)9-16-15(19)14-5-2-8-17(14)13-6-7-13/h2,5,8,11-13,18H,1,3-4,6-7,9-10H2,(H,16,19). The van der Waals surface area contributed by atoms with Gasteiger partial charge >= 0.3 is 0 Å². The number of hydrogen-bond donors (Lipinski definition) is 2. The Morgan fingerprint density at radius 3 is 2.84 bits per heavy atom. The predicted octanol–water partition coefficient (Wildman–Crippen LogP) is 1.96. The summed E-state index contributed by atoms with van der Waals surface area (Å²) in [6.07, 6.45) is 7.75. The van der Waals surface area contributed by atoms with Gasteiger partial charge in [-0.3, -0.25) is 4.79 Å². The zero-order valence-electron chi connectivity index (χ0n) is 11.2. The lowest BCUT2D eigenvalue weighted by molar-refractivity contribution is 0.0928. The van der Waals surface area contributed by atoms with Crippen LogP contribution in [0.25, 0.3) is 0 Å². The van der Waals surface area contributed by atoms with Gasteiger partial charge in [-0.1, -0.05) is 6.42 Å². The quantitative estimate of drug-likeness (QED) is 0.852. The van der Waals surface area contributed by atoms with E-state index in [4.69, 9.17) is 0 Å². The lowest BCUT2D eigenvalue weighted by atomic mass is 9.97. The van der Waals surface area contributed by atoms with Crippen molar-refractivity contribution in [3.8, 4) is 0 Å². The highest BCUT2D eigenvalue weighted by molar-refractivity contribution is 5.92. The number of carbonyl (C=O) groups excluding carboxylic acids is 1. The van der Waals surface area contributed by atoms with Gasteiger partial charge in [-0.15, -0.1) is 0 Å². The van der Waals surface area contributed by atoms with Gasteiger partial charge in [-0.05, 0) is 49.7 Å². The van der Waals surface area contributed by atoms with Crippen LogP contribution >= 0.6 is 0 Å². The van der Waals surface area contributed by atoms with Crippen molar-refractivity contribution in [1.82, 2.24) is 9.88 Å². The highest BCUT2D eigenvalue weighted by Gasteiger charge is 2.29. The third kappa shape index (κ3) is 2.68. The summed E-state index contributed by atoms with van der Waals surface area (Å²) in [4.78, 5) is 12.2. The monoisotopic (exact) mass is 262 g/mol. The summed E-state index contributed by atoms with van der Waals surface area (Å²) in [5.74, 6) is 0.842. The van der Waals surface area contributed by atoms with Gasteiger partial charge in [0.1, 0.15) is 5.69 Å². The lowest BCUT2D eigenvalue weighted by Gasteiger charge is -2.18. The Kier molecular flexibility index (Phi) is 3.60. The number of aliphatic hydroxyl groups is 1. The van der Waals surface area contributed by atoms with Crippen molar-refractivity contribution in [3.63, 3.8) is 0 Å². The first-order valence-electron chi connectivity index (χ1n) is 7.35. The molecule has 104 valence electrons. The number of aliphatic hydroxyl groups excluding tert-OH is 1. The number of hydrogen-bond acceptors (Lipinski definition) is 2. The molecule has 0 saturated heterocycles. The predicted molar refractivity (Wildman–Crippen MR) is 73.0 cm³/mol. The van der Waals surface area contributed by atoms with Crippen LogP contribution in [0.3, 0.4) is 0 Å². The molecule has 19 heavy (non-hydrogen) atoms. The first-order chi connectivity index (χ1) is 9.29. The molecule has 2 atom stereocenters. The van der Waals surface area contributed by atoms with Gasteiger partial charge in [0, 0.05) is 25.4 Å². The molecule has 1 heterocycles. The first kappa shape index (κ1) is 12.7. The van der Waals surface area contributed by atoms with Crippen molar-refractivity contribution < 1.29 is 9.90 Å². The van der Waals surface area contributed by atoms with Crippen LogP contribution in [0.4, 0.5) is 0 Å². The number of aromatic nitrogens is 1. The molecule has 0 aliphatic heterocycles. The zero-order chi connectivity index (χ0) is 13.2. The Morgan fingerprint density at radius 1 is 1.32 bits per heavy atom. The maximum Gasteiger partial charge on any atom is 0.267 e. The SMILES string of the molecule is O=C(NCC1CCCC1CO)c1cccn1C1CC1. The van der Waals surface area contributed by atoms with E-state index in [-0.39, 0.29) is 12.5 Å². The minimum Gasteiger partial charge on any atom is -0.396 e. The average Bonchev–Trinajstić information content (AvgIpc) is 2.99. The molecule has 2 N–H and O–H groups in total. The van der Waals surface area contributed by atoms with Crippen LogP contribution in [-0.4, -0.2) is 28.7 Å². The van der Waals surface area contributed by atoms with Gasteiger partial charge in [0.25, 0.3) is 5.91 Å². The molecule has 0 spiro atoms. The van der Waals surface area contributed by atoms with Gasteiger partial charge in [0.05, 0.1) is 0 Å².